The molecular weight excluding hydrogens is 541 g/mol. The molecule has 0 bridgehead atoms. The summed E-state index contributed by atoms with van der Waals surface area (Å²) in [7, 11) is -4.07. The number of rotatable bonds is 7. The summed E-state index contributed by atoms with van der Waals surface area (Å²) in [6, 6.07) is 10.3. The summed E-state index contributed by atoms with van der Waals surface area (Å²) in [6.07, 6.45) is 1.32. The zero-order chi connectivity index (χ0) is 25.3. The van der Waals surface area contributed by atoms with Crippen molar-refractivity contribution in [2.24, 2.45) is 5.73 Å². The molecular formula is C22H14Cl3N3O6S. The molecule has 0 saturated carbocycles. The third kappa shape index (κ3) is 5.68. The number of primary amides is 1. The molecule has 35 heavy (non-hydrogen) atoms. The number of furan rings is 1. The lowest BCUT2D eigenvalue weighted by Crippen LogP contribution is -2.20. The predicted molar refractivity (Wildman–Crippen MR) is 132 cm³/mol. The van der Waals surface area contributed by atoms with Crippen molar-refractivity contribution in [1.29, 1.82) is 0 Å². The maximum absolute atomic E-state index is 13.1. The van der Waals surface area contributed by atoms with Gasteiger partial charge in [-0.15, -0.1) is 0 Å². The van der Waals surface area contributed by atoms with Crippen molar-refractivity contribution < 1.29 is 26.6 Å². The summed E-state index contributed by atoms with van der Waals surface area (Å²) >= 11 is 17.8. The van der Waals surface area contributed by atoms with Crippen LogP contribution in [-0.2, 0) is 15.9 Å². The van der Waals surface area contributed by atoms with Gasteiger partial charge in [0.1, 0.15) is 27.9 Å². The number of nitrogens with zero attached hydrogens (tertiary/aromatic N) is 1. The lowest BCUT2D eigenvalue weighted by Gasteiger charge is -2.07. The molecule has 0 fully saturated rings. The first-order valence-electron chi connectivity index (χ1n) is 9.68. The Kier molecular flexibility index (Phi) is 6.91. The van der Waals surface area contributed by atoms with Crippen molar-refractivity contribution in [3.05, 3.63) is 86.8 Å². The second kappa shape index (κ2) is 9.74. The number of carbonyl (C=O) groups excluding carboxylic acids is 2. The van der Waals surface area contributed by atoms with Gasteiger partial charge in [-0.3, -0.25) is 4.79 Å². The molecule has 0 aliphatic carbocycles. The van der Waals surface area contributed by atoms with Crippen LogP contribution in [0.2, 0.25) is 15.2 Å². The molecule has 2 heterocycles. The van der Waals surface area contributed by atoms with Crippen LogP contribution < -0.4 is 15.2 Å². The van der Waals surface area contributed by atoms with E-state index in [-0.39, 0.29) is 43.9 Å². The molecule has 9 nitrogen and oxygen atoms in total. The average Bonchev–Trinajstić information content (AvgIpc) is 3.11. The molecule has 4 aromatic rings. The lowest BCUT2D eigenvalue weighted by atomic mass is 10.1. The minimum Gasteiger partial charge on any atom is -0.450 e. The number of pyridine rings is 1. The molecule has 2 aromatic carbocycles. The Morgan fingerprint density at radius 1 is 1.06 bits per heavy atom. The Bertz CT molecular complexity index is 1570. The zero-order valence-corrected chi connectivity index (χ0v) is 20.5. The van der Waals surface area contributed by atoms with Crippen LogP contribution in [0, 0.1) is 0 Å². The molecule has 2 aromatic heterocycles. The Morgan fingerprint density at radius 2 is 1.83 bits per heavy atom. The average molecular weight is 555 g/mol. The van der Waals surface area contributed by atoms with Crippen LogP contribution in [0.1, 0.15) is 21.7 Å². The van der Waals surface area contributed by atoms with Crippen LogP contribution in [0.3, 0.4) is 0 Å². The number of urea groups is 1. The summed E-state index contributed by atoms with van der Waals surface area (Å²) in [4.78, 5) is 28.6. The van der Waals surface area contributed by atoms with Gasteiger partial charge in [0.15, 0.2) is 5.76 Å². The highest BCUT2D eigenvalue weighted by Crippen LogP contribution is 2.36. The van der Waals surface area contributed by atoms with Crippen LogP contribution >= 0.6 is 34.8 Å². The number of aromatic nitrogens is 1. The molecule has 0 aliphatic heterocycles. The second-order valence-corrected chi connectivity index (χ2v) is 9.98. The molecule has 180 valence electrons. The number of benzene rings is 2. The number of hydrogen-bond donors (Lipinski definition) is 2. The number of halogens is 3. The van der Waals surface area contributed by atoms with Gasteiger partial charge in [-0.2, -0.15) is 8.42 Å². The van der Waals surface area contributed by atoms with Crippen molar-refractivity contribution in [2.45, 2.75) is 5.75 Å². The first-order chi connectivity index (χ1) is 16.5. The van der Waals surface area contributed by atoms with Crippen LogP contribution in [0.5, 0.6) is 5.75 Å². The van der Waals surface area contributed by atoms with Crippen LogP contribution in [0.25, 0.3) is 11.0 Å². The fraction of sp³-hybridized carbons (Fsp3) is 0.0455. The van der Waals surface area contributed by atoms with E-state index in [2.05, 4.69) is 10.3 Å². The number of fused-ring (bicyclic) bond motifs is 1. The van der Waals surface area contributed by atoms with Crippen LogP contribution in [0.4, 0.5) is 10.5 Å². The van der Waals surface area contributed by atoms with E-state index in [1.807, 2.05) is 0 Å². The smallest absolute Gasteiger partial charge is 0.316 e. The fourth-order valence-electron chi connectivity index (χ4n) is 3.20. The maximum Gasteiger partial charge on any atom is 0.316 e. The lowest BCUT2D eigenvalue weighted by molar-refractivity contribution is 0.101. The fourth-order valence-corrected chi connectivity index (χ4v) is 4.84. The molecule has 2 amide bonds. The van der Waals surface area contributed by atoms with E-state index in [1.165, 1.54) is 54.7 Å². The molecule has 0 atom stereocenters. The van der Waals surface area contributed by atoms with Crippen molar-refractivity contribution in [1.82, 2.24) is 4.98 Å². The van der Waals surface area contributed by atoms with Crippen LogP contribution in [0.15, 0.2) is 59.1 Å². The summed E-state index contributed by atoms with van der Waals surface area (Å²) in [6.45, 7) is 0. The third-order valence-corrected chi connectivity index (χ3v) is 6.55. The molecule has 0 aliphatic rings. The van der Waals surface area contributed by atoms with Gasteiger partial charge in [-0.05, 0) is 42.0 Å². The van der Waals surface area contributed by atoms with E-state index in [0.717, 1.165) is 0 Å². The monoisotopic (exact) mass is 553 g/mol. The molecule has 0 unspecified atom stereocenters. The number of hydrogen-bond acceptors (Lipinski definition) is 7. The van der Waals surface area contributed by atoms with Crippen molar-refractivity contribution in [3.8, 4) is 5.75 Å². The standard InChI is InChI=1S/C22H14Cl3N3O6S/c23-12-2-4-14(16(24)7-12)20(29)21-19(28-22(26)30)15-5-3-13(8-17(15)33-21)34-35(31,32)10-11-1-6-18(25)27-9-11/h1-9H,10H2,(H3,26,28,30). The van der Waals surface area contributed by atoms with Gasteiger partial charge in [0.05, 0.1) is 5.02 Å². The van der Waals surface area contributed by atoms with Gasteiger partial charge < -0.3 is 19.7 Å². The van der Waals surface area contributed by atoms with Gasteiger partial charge in [-0.1, -0.05) is 40.9 Å². The Hall–Kier alpha value is -3.31. The molecule has 0 saturated heterocycles. The topological polar surface area (TPSA) is 142 Å². The zero-order valence-electron chi connectivity index (χ0n) is 17.4. The molecule has 13 heteroatoms. The SMILES string of the molecule is NC(=O)Nc1c(C(=O)c2ccc(Cl)cc2Cl)oc2cc(OS(=O)(=O)Cc3ccc(Cl)nc3)ccc12. The molecule has 3 N–H and O–H groups in total. The Balaban J connectivity index is 1.70. The minimum atomic E-state index is -4.07. The first-order valence-corrected chi connectivity index (χ1v) is 12.4. The molecule has 0 spiro atoms. The highest BCUT2D eigenvalue weighted by Gasteiger charge is 2.25. The largest absolute Gasteiger partial charge is 0.450 e. The van der Waals surface area contributed by atoms with E-state index in [9.17, 15) is 18.0 Å². The van der Waals surface area contributed by atoms with Gasteiger partial charge in [0, 0.05) is 28.2 Å². The predicted octanol–water partition coefficient (Wildman–Crippen LogP) is 5.42. The summed E-state index contributed by atoms with van der Waals surface area (Å²) in [5, 5.41) is 3.26. The Morgan fingerprint density at radius 3 is 2.49 bits per heavy atom. The first kappa shape index (κ1) is 24.8. The second-order valence-electron chi connectivity index (χ2n) is 7.18. The number of nitrogens with one attached hydrogen (secondary N) is 1. The summed E-state index contributed by atoms with van der Waals surface area (Å²) in [5.74, 6) is -1.46. The van der Waals surface area contributed by atoms with E-state index in [0.29, 0.717) is 10.6 Å². The van der Waals surface area contributed by atoms with Crippen molar-refractivity contribution in [2.75, 3.05) is 5.32 Å². The van der Waals surface area contributed by atoms with Gasteiger partial charge in [0.2, 0.25) is 5.78 Å². The molecule has 4 rings (SSSR count). The Labute approximate surface area is 213 Å². The normalized spacial score (nSPS) is 11.4. The number of amides is 2. The quantitative estimate of drug-likeness (QED) is 0.176. The number of ketones is 1. The van der Waals surface area contributed by atoms with E-state index in [1.54, 1.807) is 0 Å². The maximum atomic E-state index is 13.1. The van der Waals surface area contributed by atoms with Crippen molar-refractivity contribution >= 4 is 73.4 Å². The van der Waals surface area contributed by atoms with Crippen molar-refractivity contribution in [3.63, 3.8) is 0 Å². The van der Waals surface area contributed by atoms with E-state index in [4.69, 9.17) is 49.1 Å². The van der Waals surface area contributed by atoms with Gasteiger partial charge in [-0.25, -0.2) is 9.78 Å². The van der Waals surface area contributed by atoms with Gasteiger partial charge >= 0.3 is 16.1 Å². The van der Waals surface area contributed by atoms with Gasteiger partial charge in [0.25, 0.3) is 0 Å². The number of carbonyl (C=O) groups is 2. The summed E-state index contributed by atoms with van der Waals surface area (Å²) < 4.78 is 35.8. The number of anilines is 1. The minimum absolute atomic E-state index is 0.00911. The number of nitrogens with two attached hydrogens (primary N) is 1. The highest BCUT2D eigenvalue weighted by atomic mass is 35.5. The highest BCUT2D eigenvalue weighted by molar-refractivity contribution is 7.86. The molecule has 0 radical (unpaired) electrons. The van der Waals surface area contributed by atoms with E-state index >= 15 is 0 Å². The summed E-state index contributed by atoms with van der Waals surface area (Å²) in [5.41, 5.74) is 5.75. The van der Waals surface area contributed by atoms with Crippen LogP contribution in [-0.4, -0.2) is 25.2 Å². The third-order valence-electron chi connectivity index (χ3n) is 4.65. The van der Waals surface area contributed by atoms with E-state index < -0.39 is 27.7 Å².